The number of fused-ring (bicyclic) bond motifs is 1. The molecule has 0 aromatic heterocycles. The maximum atomic E-state index is 11.7. The van der Waals surface area contributed by atoms with Gasteiger partial charge in [0.1, 0.15) is 6.10 Å². The summed E-state index contributed by atoms with van der Waals surface area (Å²) in [6, 6.07) is 5.04. The molecule has 1 N–H and O–H groups in total. The van der Waals surface area contributed by atoms with Crippen LogP contribution in [0.2, 0.25) is 0 Å². The molecule has 1 aliphatic rings. The van der Waals surface area contributed by atoms with Gasteiger partial charge >= 0.3 is 0 Å². The lowest BCUT2D eigenvalue weighted by molar-refractivity contribution is 0.0279. The van der Waals surface area contributed by atoms with Crippen molar-refractivity contribution in [2.24, 2.45) is 0 Å². The average molecular weight is 208 g/mol. The predicted molar refractivity (Wildman–Crippen MR) is 53.4 cm³/mol. The molecule has 1 heterocycles. The number of carbonyl (C=O) groups excluding carboxylic acids is 1. The van der Waals surface area contributed by atoms with Crippen molar-refractivity contribution in [3.8, 4) is 11.5 Å². The molecule has 0 radical (unpaired) electrons. The fourth-order valence-corrected chi connectivity index (χ4v) is 1.62. The van der Waals surface area contributed by atoms with Crippen LogP contribution >= 0.6 is 0 Å². The Labute approximate surface area is 87.4 Å². The lowest BCUT2D eigenvalue weighted by atomic mass is 9.98. The molecule has 2 rings (SSSR count). The predicted octanol–water partition coefficient (Wildman–Crippen LogP) is 1.02. The number of ketones is 1. The van der Waals surface area contributed by atoms with E-state index in [9.17, 15) is 9.90 Å². The van der Waals surface area contributed by atoms with Crippen LogP contribution in [0.4, 0.5) is 0 Å². The van der Waals surface area contributed by atoms with Gasteiger partial charge in [-0.2, -0.15) is 0 Å². The van der Waals surface area contributed by atoms with Gasteiger partial charge in [-0.3, -0.25) is 4.79 Å². The number of aliphatic hydroxyl groups is 1. The Morgan fingerprint density at radius 3 is 2.87 bits per heavy atom. The number of methoxy groups -OCH3 is 1. The normalized spacial score (nSPS) is 24.3. The molecule has 0 amide bonds. The second kappa shape index (κ2) is 3.55. The largest absolute Gasteiger partial charge is 0.493 e. The Morgan fingerprint density at radius 2 is 2.20 bits per heavy atom. The first-order chi connectivity index (χ1) is 7.15. The van der Waals surface area contributed by atoms with Gasteiger partial charge in [-0.25, -0.2) is 0 Å². The summed E-state index contributed by atoms with van der Waals surface area (Å²) in [5, 5.41) is 9.54. The summed E-state index contributed by atoms with van der Waals surface area (Å²) in [6.45, 7) is 1.65. The summed E-state index contributed by atoms with van der Waals surface area (Å²) in [5.41, 5.74) is 0.375. The Hall–Kier alpha value is -1.55. The molecule has 1 aliphatic heterocycles. The molecule has 0 spiro atoms. The minimum absolute atomic E-state index is 0.317. The molecule has 4 heteroatoms. The van der Waals surface area contributed by atoms with Crippen LogP contribution in [0.5, 0.6) is 11.5 Å². The van der Waals surface area contributed by atoms with Crippen LogP contribution in [-0.2, 0) is 0 Å². The summed E-state index contributed by atoms with van der Waals surface area (Å²) in [6.07, 6.45) is -1.63. The third-order valence-electron chi connectivity index (χ3n) is 2.48. The van der Waals surface area contributed by atoms with E-state index in [4.69, 9.17) is 9.47 Å². The molecular formula is C11H12O4. The number of aliphatic hydroxyl groups excluding tert-OH is 1. The highest BCUT2D eigenvalue weighted by Gasteiger charge is 2.34. The van der Waals surface area contributed by atoms with Crippen molar-refractivity contribution in [3.05, 3.63) is 23.8 Å². The molecule has 0 fully saturated rings. The zero-order chi connectivity index (χ0) is 11.0. The Balaban J connectivity index is 2.54. The van der Waals surface area contributed by atoms with Gasteiger partial charge in [0.15, 0.2) is 23.4 Å². The molecule has 1 aromatic rings. The third kappa shape index (κ3) is 1.47. The van der Waals surface area contributed by atoms with Crippen LogP contribution in [0.1, 0.15) is 17.3 Å². The van der Waals surface area contributed by atoms with Crippen molar-refractivity contribution in [1.82, 2.24) is 0 Å². The first-order valence-electron chi connectivity index (χ1n) is 4.71. The summed E-state index contributed by atoms with van der Waals surface area (Å²) in [5.74, 6) is 0.616. The molecule has 2 atom stereocenters. The van der Waals surface area contributed by atoms with E-state index >= 15 is 0 Å². The van der Waals surface area contributed by atoms with E-state index in [1.807, 2.05) is 0 Å². The first kappa shape index (κ1) is 9.98. The van der Waals surface area contributed by atoms with Crippen molar-refractivity contribution in [2.75, 3.05) is 7.11 Å². The highest BCUT2D eigenvalue weighted by molar-refractivity contribution is 6.03. The quantitative estimate of drug-likeness (QED) is 0.748. The van der Waals surface area contributed by atoms with E-state index in [0.29, 0.717) is 17.1 Å². The lowest BCUT2D eigenvalue weighted by Gasteiger charge is -2.27. The molecule has 0 aliphatic carbocycles. The monoisotopic (exact) mass is 208 g/mol. The van der Waals surface area contributed by atoms with Crippen molar-refractivity contribution >= 4 is 5.78 Å². The van der Waals surface area contributed by atoms with E-state index in [2.05, 4.69) is 0 Å². The zero-order valence-corrected chi connectivity index (χ0v) is 8.56. The van der Waals surface area contributed by atoms with E-state index in [0.717, 1.165) is 0 Å². The van der Waals surface area contributed by atoms with Crippen molar-refractivity contribution in [2.45, 2.75) is 19.1 Å². The van der Waals surface area contributed by atoms with Crippen LogP contribution in [0, 0.1) is 0 Å². The van der Waals surface area contributed by atoms with Gasteiger partial charge in [-0.15, -0.1) is 0 Å². The smallest absolute Gasteiger partial charge is 0.198 e. The van der Waals surface area contributed by atoms with E-state index in [1.54, 1.807) is 25.1 Å². The minimum atomic E-state index is -1.09. The maximum absolute atomic E-state index is 11.7. The number of benzene rings is 1. The molecule has 1 aromatic carbocycles. The van der Waals surface area contributed by atoms with Crippen molar-refractivity contribution < 1.29 is 19.4 Å². The highest BCUT2D eigenvalue weighted by atomic mass is 16.5. The number of carbonyl (C=O) groups is 1. The van der Waals surface area contributed by atoms with Gasteiger partial charge in [0, 0.05) is 0 Å². The van der Waals surface area contributed by atoms with E-state index in [-0.39, 0.29) is 5.78 Å². The van der Waals surface area contributed by atoms with Gasteiger partial charge in [0.05, 0.1) is 12.7 Å². The SMILES string of the molecule is COc1cccc2c1O[C@@H](C)[C@@H](O)C2=O. The first-order valence-corrected chi connectivity index (χ1v) is 4.71. The fourth-order valence-electron chi connectivity index (χ4n) is 1.62. The van der Waals surface area contributed by atoms with Crippen LogP contribution < -0.4 is 9.47 Å². The van der Waals surface area contributed by atoms with Crippen molar-refractivity contribution in [3.63, 3.8) is 0 Å². The van der Waals surface area contributed by atoms with E-state index < -0.39 is 12.2 Å². The third-order valence-corrected chi connectivity index (χ3v) is 2.48. The average Bonchev–Trinajstić information content (AvgIpc) is 2.25. The molecule has 80 valence electrons. The second-order valence-corrected chi connectivity index (χ2v) is 3.47. The summed E-state index contributed by atoms with van der Waals surface area (Å²) in [4.78, 5) is 11.7. The number of ether oxygens (including phenoxy) is 2. The van der Waals surface area contributed by atoms with Gasteiger partial charge in [-0.05, 0) is 19.1 Å². The van der Waals surface area contributed by atoms with E-state index in [1.165, 1.54) is 7.11 Å². The highest BCUT2D eigenvalue weighted by Crippen LogP contribution is 2.36. The molecule has 0 saturated heterocycles. The van der Waals surface area contributed by atoms with Crippen LogP contribution in [0.25, 0.3) is 0 Å². The molecular weight excluding hydrogens is 196 g/mol. The number of rotatable bonds is 1. The summed E-state index contributed by atoms with van der Waals surface area (Å²) in [7, 11) is 1.51. The number of hydrogen-bond acceptors (Lipinski definition) is 4. The maximum Gasteiger partial charge on any atom is 0.198 e. The Morgan fingerprint density at radius 1 is 1.47 bits per heavy atom. The number of hydrogen-bond donors (Lipinski definition) is 1. The molecule has 0 saturated carbocycles. The fraction of sp³-hybridized carbons (Fsp3) is 0.364. The topological polar surface area (TPSA) is 55.8 Å². The van der Waals surface area contributed by atoms with Crippen LogP contribution in [0.15, 0.2) is 18.2 Å². The molecule has 0 unspecified atom stereocenters. The van der Waals surface area contributed by atoms with Gasteiger partial charge in [0.2, 0.25) is 0 Å². The molecule has 0 bridgehead atoms. The standard InChI is InChI=1S/C11H12O4/c1-6-9(12)10(13)7-4-3-5-8(14-2)11(7)15-6/h3-6,9,12H,1-2H3/t6-,9+/m0/s1. The minimum Gasteiger partial charge on any atom is -0.493 e. The molecule has 15 heavy (non-hydrogen) atoms. The number of Topliss-reactive ketones (excluding diaryl/α,β-unsaturated/α-hetero) is 1. The Kier molecular flexibility index (Phi) is 2.36. The van der Waals surface area contributed by atoms with Gasteiger partial charge in [-0.1, -0.05) is 6.07 Å². The van der Waals surface area contributed by atoms with Gasteiger partial charge in [0.25, 0.3) is 0 Å². The van der Waals surface area contributed by atoms with Crippen molar-refractivity contribution in [1.29, 1.82) is 0 Å². The van der Waals surface area contributed by atoms with Crippen LogP contribution in [0.3, 0.4) is 0 Å². The summed E-state index contributed by atoms with van der Waals surface area (Å²) >= 11 is 0. The molecule has 4 nitrogen and oxygen atoms in total. The van der Waals surface area contributed by atoms with Gasteiger partial charge < -0.3 is 14.6 Å². The lowest BCUT2D eigenvalue weighted by Crippen LogP contribution is -2.40. The number of para-hydroxylation sites is 1. The Bertz CT molecular complexity index is 400. The van der Waals surface area contributed by atoms with Crippen LogP contribution in [-0.4, -0.2) is 30.2 Å². The summed E-state index contributed by atoms with van der Waals surface area (Å²) < 4.78 is 10.5. The zero-order valence-electron chi connectivity index (χ0n) is 8.56. The second-order valence-electron chi connectivity index (χ2n) is 3.47.